The molecule has 1 N–H and O–H groups in total. The van der Waals surface area contributed by atoms with E-state index in [1.807, 2.05) is 18.5 Å². The van der Waals surface area contributed by atoms with Crippen LogP contribution in [0.4, 0.5) is 5.82 Å². The molecule has 0 saturated heterocycles. The maximum Gasteiger partial charge on any atom is 0.312 e. The summed E-state index contributed by atoms with van der Waals surface area (Å²) in [7, 11) is 0. The molecule has 0 bridgehead atoms. The molecular formula is C14H23N3O2. The molecule has 1 aromatic heterocycles. The summed E-state index contributed by atoms with van der Waals surface area (Å²) in [4.78, 5) is 11.9. The first-order valence-corrected chi connectivity index (χ1v) is 6.85. The van der Waals surface area contributed by atoms with Gasteiger partial charge >= 0.3 is 5.97 Å². The van der Waals surface area contributed by atoms with Gasteiger partial charge in [-0.15, -0.1) is 0 Å². The number of rotatable bonds is 2. The van der Waals surface area contributed by atoms with Crippen molar-refractivity contribution in [2.75, 3.05) is 18.5 Å². The first kappa shape index (κ1) is 13.9. The monoisotopic (exact) mass is 265 g/mol. The lowest BCUT2D eigenvalue weighted by atomic mass is 9.92. The van der Waals surface area contributed by atoms with Crippen molar-refractivity contribution in [1.82, 2.24) is 9.78 Å². The minimum atomic E-state index is -0.180. The van der Waals surface area contributed by atoms with E-state index in [9.17, 15) is 4.79 Å². The number of fused-ring (bicyclic) bond motifs is 1. The molecule has 5 nitrogen and oxygen atoms in total. The summed E-state index contributed by atoms with van der Waals surface area (Å²) >= 11 is 0. The molecule has 1 aliphatic heterocycles. The molecule has 1 aliphatic rings. The van der Waals surface area contributed by atoms with Crippen LogP contribution in [0.15, 0.2) is 6.07 Å². The third kappa shape index (κ3) is 2.60. The van der Waals surface area contributed by atoms with Crippen LogP contribution in [0.1, 0.15) is 46.4 Å². The Morgan fingerprint density at radius 3 is 2.84 bits per heavy atom. The molecule has 0 aromatic carbocycles. The first-order valence-electron chi connectivity index (χ1n) is 6.85. The molecule has 106 valence electrons. The van der Waals surface area contributed by atoms with Gasteiger partial charge in [-0.2, -0.15) is 5.10 Å². The Balaban J connectivity index is 2.26. The molecule has 1 aromatic rings. The van der Waals surface area contributed by atoms with E-state index in [0.29, 0.717) is 13.2 Å². The van der Waals surface area contributed by atoms with Gasteiger partial charge in [0.2, 0.25) is 0 Å². The van der Waals surface area contributed by atoms with E-state index in [2.05, 4.69) is 37.3 Å². The number of nitrogens with one attached hydrogen (secondary N) is 1. The van der Waals surface area contributed by atoms with Gasteiger partial charge in [-0.05, 0) is 13.8 Å². The van der Waals surface area contributed by atoms with E-state index in [-0.39, 0.29) is 23.3 Å². The van der Waals surface area contributed by atoms with Crippen molar-refractivity contribution in [3.8, 4) is 0 Å². The first-order chi connectivity index (χ1) is 8.84. The normalized spacial score (nSPS) is 22.6. The number of ether oxygens (including phenoxy) is 1. The van der Waals surface area contributed by atoms with E-state index in [0.717, 1.165) is 11.5 Å². The predicted octanol–water partition coefficient (Wildman–Crippen LogP) is 2.35. The number of nitrogens with zero attached hydrogens (tertiary/aromatic N) is 2. The molecule has 2 heterocycles. The van der Waals surface area contributed by atoms with Crippen LogP contribution in [0, 0.1) is 5.92 Å². The molecule has 0 saturated carbocycles. The Bertz CT molecular complexity index is 474. The summed E-state index contributed by atoms with van der Waals surface area (Å²) in [6.07, 6.45) is 0. The fraction of sp³-hybridized carbons (Fsp3) is 0.714. The highest BCUT2D eigenvalue weighted by atomic mass is 16.5. The maximum absolute atomic E-state index is 11.9. The zero-order chi connectivity index (χ0) is 14.2. The van der Waals surface area contributed by atoms with Gasteiger partial charge in [0, 0.05) is 18.0 Å². The van der Waals surface area contributed by atoms with Gasteiger partial charge in [-0.1, -0.05) is 20.8 Å². The number of hydrogen-bond acceptors (Lipinski definition) is 4. The van der Waals surface area contributed by atoms with E-state index >= 15 is 0 Å². The van der Waals surface area contributed by atoms with Gasteiger partial charge < -0.3 is 10.1 Å². The fourth-order valence-corrected chi connectivity index (χ4v) is 2.29. The number of esters is 1. The third-order valence-electron chi connectivity index (χ3n) is 3.56. The van der Waals surface area contributed by atoms with E-state index in [1.165, 1.54) is 0 Å². The minimum Gasteiger partial charge on any atom is -0.466 e. The topological polar surface area (TPSA) is 56.1 Å². The van der Waals surface area contributed by atoms with Crippen LogP contribution in [-0.2, 0) is 14.9 Å². The fourth-order valence-electron chi connectivity index (χ4n) is 2.29. The highest BCUT2D eigenvalue weighted by Gasteiger charge is 2.34. The van der Waals surface area contributed by atoms with Crippen molar-refractivity contribution in [1.29, 1.82) is 0 Å². The van der Waals surface area contributed by atoms with Crippen LogP contribution in [0.2, 0.25) is 0 Å². The number of hydrogen-bond donors (Lipinski definition) is 1. The van der Waals surface area contributed by atoms with E-state index in [1.54, 1.807) is 0 Å². The summed E-state index contributed by atoms with van der Waals surface area (Å²) in [5, 5.41) is 7.92. The van der Waals surface area contributed by atoms with Crippen molar-refractivity contribution >= 4 is 11.8 Å². The standard InChI is InChI=1S/C14H23N3O2/c1-6-19-13(18)10-8-15-12-7-11(14(3,4)5)16-17(12)9(10)2/h7,9-10,15H,6,8H2,1-5H3. The Kier molecular flexibility index (Phi) is 3.56. The van der Waals surface area contributed by atoms with Crippen molar-refractivity contribution in [3.63, 3.8) is 0 Å². The van der Waals surface area contributed by atoms with Crippen LogP contribution in [0.25, 0.3) is 0 Å². The van der Waals surface area contributed by atoms with Crippen LogP contribution in [0.3, 0.4) is 0 Å². The molecule has 0 amide bonds. The molecule has 0 spiro atoms. The van der Waals surface area contributed by atoms with Gasteiger partial charge in [-0.25, -0.2) is 4.68 Å². The molecule has 0 aliphatic carbocycles. The number of carbonyl (C=O) groups excluding carboxylic acids is 1. The molecule has 0 fully saturated rings. The summed E-state index contributed by atoms with van der Waals surface area (Å²) in [6.45, 7) is 11.3. The maximum atomic E-state index is 11.9. The summed E-state index contributed by atoms with van der Waals surface area (Å²) in [6, 6.07) is 2.09. The van der Waals surface area contributed by atoms with Crippen molar-refractivity contribution < 1.29 is 9.53 Å². The molecular weight excluding hydrogens is 242 g/mol. The summed E-state index contributed by atoms with van der Waals surface area (Å²) in [5.74, 6) is 0.652. The van der Waals surface area contributed by atoms with E-state index in [4.69, 9.17) is 4.74 Å². The second kappa shape index (κ2) is 4.87. The lowest BCUT2D eigenvalue weighted by Gasteiger charge is -2.29. The Labute approximate surface area is 114 Å². The minimum absolute atomic E-state index is 0.00512. The molecule has 19 heavy (non-hydrogen) atoms. The van der Waals surface area contributed by atoms with Gasteiger partial charge in [0.25, 0.3) is 0 Å². The van der Waals surface area contributed by atoms with Gasteiger partial charge in [0.15, 0.2) is 0 Å². The zero-order valence-electron chi connectivity index (χ0n) is 12.4. The van der Waals surface area contributed by atoms with E-state index < -0.39 is 0 Å². The lowest BCUT2D eigenvalue weighted by Crippen LogP contribution is -2.37. The number of aromatic nitrogens is 2. The summed E-state index contributed by atoms with van der Waals surface area (Å²) < 4.78 is 7.03. The average Bonchev–Trinajstić information content (AvgIpc) is 2.74. The second-order valence-corrected chi connectivity index (χ2v) is 6.09. The van der Waals surface area contributed by atoms with Gasteiger partial charge in [0.05, 0.1) is 24.3 Å². The molecule has 5 heteroatoms. The zero-order valence-corrected chi connectivity index (χ0v) is 12.4. The largest absolute Gasteiger partial charge is 0.466 e. The quantitative estimate of drug-likeness (QED) is 0.834. The Morgan fingerprint density at radius 1 is 1.58 bits per heavy atom. The van der Waals surface area contributed by atoms with Crippen LogP contribution < -0.4 is 5.32 Å². The Morgan fingerprint density at radius 2 is 2.26 bits per heavy atom. The van der Waals surface area contributed by atoms with Crippen LogP contribution in [-0.4, -0.2) is 28.9 Å². The smallest absolute Gasteiger partial charge is 0.312 e. The van der Waals surface area contributed by atoms with Crippen LogP contribution >= 0.6 is 0 Å². The highest BCUT2D eigenvalue weighted by Crippen LogP contribution is 2.32. The molecule has 2 rings (SSSR count). The molecule has 2 atom stereocenters. The highest BCUT2D eigenvalue weighted by molar-refractivity contribution is 5.74. The number of anilines is 1. The molecule has 0 radical (unpaired) electrons. The van der Waals surface area contributed by atoms with Crippen molar-refractivity contribution in [2.24, 2.45) is 5.92 Å². The SMILES string of the molecule is CCOC(=O)C1CNc2cc(C(C)(C)C)nn2C1C. The predicted molar refractivity (Wildman–Crippen MR) is 74.3 cm³/mol. The third-order valence-corrected chi connectivity index (χ3v) is 3.56. The van der Waals surface area contributed by atoms with Crippen molar-refractivity contribution in [3.05, 3.63) is 11.8 Å². The van der Waals surface area contributed by atoms with Gasteiger partial charge in [-0.3, -0.25) is 4.79 Å². The van der Waals surface area contributed by atoms with Crippen LogP contribution in [0.5, 0.6) is 0 Å². The number of carbonyl (C=O) groups is 1. The van der Waals surface area contributed by atoms with Crippen molar-refractivity contribution in [2.45, 2.75) is 46.1 Å². The lowest BCUT2D eigenvalue weighted by molar-refractivity contribution is -0.149. The van der Waals surface area contributed by atoms with Gasteiger partial charge in [0.1, 0.15) is 5.82 Å². The summed E-state index contributed by atoms with van der Waals surface area (Å²) in [5.41, 5.74) is 1.04. The second-order valence-electron chi connectivity index (χ2n) is 6.09. The average molecular weight is 265 g/mol. The molecule has 2 unspecified atom stereocenters. The Hall–Kier alpha value is -1.52.